The number of benzene rings is 1. The minimum atomic E-state index is -3.72. The lowest BCUT2D eigenvalue weighted by Gasteiger charge is -2.18. The van der Waals surface area contributed by atoms with Gasteiger partial charge in [0.25, 0.3) is 0 Å². The summed E-state index contributed by atoms with van der Waals surface area (Å²) >= 11 is 0. The topological polar surface area (TPSA) is 89.3 Å². The number of nitrogens with two attached hydrogens (primary N) is 1. The number of amides is 1. The van der Waals surface area contributed by atoms with Gasteiger partial charge in [-0.2, -0.15) is 0 Å². The quantitative estimate of drug-likeness (QED) is 0.855. The van der Waals surface area contributed by atoms with E-state index < -0.39 is 15.4 Å². The molecule has 0 heterocycles. The Bertz CT molecular complexity index is 571. The molecule has 3 N–H and O–H groups in total. The van der Waals surface area contributed by atoms with Crippen LogP contribution < -0.4 is 10.5 Å². The van der Waals surface area contributed by atoms with Crippen LogP contribution in [0.2, 0.25) is 0 Å². The van der Waals surface area contributed by atoms with Crippen molar-refractivity contribution < 1.29 is 13.2 Å². The average molecular weight is 270 g/mol. The Morgan fingerprint density at radius 2 is 1.83 bits per heavy atom. The van der Waals surface area contributed by atoms with E-state index >= 15 is 0 Å². The fourth-order valence-electron chi connectivity index (χ4n) is 1.36. The molecule has 0 radical (unpaired) electrons. The number of nitrogens with one attached hydrogen (secondary N) is 1. The third-order valence-electron chi connectivity index (χ3n) is 2.42. The summed E-state index contributed by atoms with van der Waals surface area (Å²) in [5, 5.41) is 7.79. The van der Waals surface area contributed by atoms with Crippen molar-refractivity contribution in [3.8, 4) is 0 Å². The largest absolute Gasteiger partial charge is 0.326 e. The van der Waals surface area contributed by atoms with E-state index in [9.17, 15) is 13.2 Å². The van der Waals surface area contributed by atoms with Crippen LogP contribution >= 0.6 is 0 Å². The number of carbonyl (C=O) groups excluding carboxylic acids is 1. The van der Waals surface area contributed by atoms with E-state index in [0.29, 0.717) is 11.3 Å². The molecule has 0 bridgehead atoms. The molecule has 0 aliphatic carbocycles. The molecule has 18 heavy (non-hydrogen) atoms. The maximum atomic E-state index is 11.8. The van der Waals surface area contributed by atoms with Gasteiger partial charge < -0.3 is 5.32 Å². The molecule has 1 aromatic rings. The van der Waals surface area contributed by atoms with Gasteiger partial charge in [0, 0.05) is 11.1 Å². The zero-order valence-electron chi connectivity index (χ0n) is 10.9. The summed E-state index contributed by atoms with van der Waals surface area (Å²) in [7, 11) is -3.72. The predicted octanol–water partition coefficient (Wildman–Crippen LogP) is 1.63. The van der Waals surface area contributed by atoms with Crippen LogP contribution in [0.5, 0.6) is 0 Å². The van der Waals surface area contributed by atoms with Gasteiger partial charge in [0.1, 0.15) is 0 Å². The molecule has 0 saturated heterocycles. The molecule has 5 nitrogen and oxygen atoms in total. The highest BCUT2D eigenvalue weighted by Crippen LogP contribution is 2.21. The molecule has 0 atom stereocenters. The molecule has 6 heteroatoms. The maximum absolute atomic E-state index is 11.8. The number of hydrogen-bond donors (Lipinski definition) is 2. The lowest BCUT2D eigenvalue weighted by atomic mass is 9.95. The monoisotopic (exact) mass is 270 g/mol. The molecule has 1 amide bonds. The van der Waals surface area contributed by atoms with Gasteiger partial charge in [0.05, 0.1) is 4.90 Å². The fraction of sp³-hybridized carbons (Fsp3) is 0.417. The normalized spacial score (nSPS) is 12.3. The van der Waals surface area contributed by atoms with Crippen molar-refractivity contribution in [3.63, 3.8) is 0 Å². The van der Waals surface area contributed by atoms with Crippen molar-refractivity contribution in [2.24, 2.45) is 10.6 Å². The van der Waals surface area contributed by atoms with Crippen LogP contribution in [0, 0.1) is 12.3 Å². The molecule has 1 aromatic carbocycles. The smallest absolute Gasteiger partial charge is 0.238 e. The highest BCUT2D eigenvalue weighted by molar-refractivity contribution is 7.89. The number of sulfonamides is 1. The van der Waals surface area contributed by atoms with Gasteiger partial charge in [-0.1, -0.05) is 20.8 Å². The molecule has 0 fully saturated rings. The summed E-state index contributed by atoms with van der Waals surface area (Å²) in [5.74, 6) is -0.134. The molecule has 1 rings (SSSR count). The van der Waals surface area contributed by atoms with Crippen LogP contribution in [0.1, 0.15) is 26.3 Å². The molecule has 0 aromatic heterocycles. The standard InChI is InChI=1S/C12H18N2O3S/c1-8-7-9(14-11(15)12(2,3)4)5-6-10(8)18(13,16)17/h5-7H,1-4H3,(H,14,15)(H2,13,16,17). The molecule has 0 aliphatic heterocycles. The summed E-state index contributed by atoms with van der Waals surface area (Å²) in [4.78, 5) is 11.8. The minimum absolute atomic E-state index is 0.0660. The number of hydrogen-bond acceptors (Lipinski definition) is 3. The lowest BCUT2D eigenvalue weighted by Crippen LogP contribution is -2.27. The van der Waals surface area contributed by atoms with Crippen LogP contribution in [0.25, 0.3) is 0 Å². The highest BCUT2D eigenvalue weighted by Gasteiger charge is 2.21. The van der Waals surface area contributed by atoms with Gasteiger partial charge in [-0.05, 0) is 30.7 Å². The van der Waals surface area contributed by atoms with Gasteiger partial charge >= 0.3 is 0 Å². The lowest BCUT2D eigenvalue weighted by molar-refractivity contribution is -0.123. The van der Waals surface area contributed by atoms with Crippen molar-refractivity contribution in [1.82, 2.24) is 0 Å². The number of rotatable bonds is 2. The zero-order valence-corrected chi connectivity index (χ0v) is 11.8. The second kappa shape index (κ2) is 4.70. The third kappa shape index (κ3) is 3.54. The number of aryl methyl sites for hydroxylation is 1. The molecule has 0 aliphatic rings. The molecular formula is C12H18N2O3S. The van der Waals surface area contributed by atoms with E-state index in [1.807, 2.05) is 0 Å². The van der Waals surface area contributed by atoms with E-state index in [4.69, 9.17) is 5.14 Å². The number of primary sulfonamides is 1. The Kier molecular flexibility index (Phi) is 3.83. The predicted molar refractivity (Wildman–Crippen MR) is 70.6 cm³/mol. The Labute approximate surface area is 107 Å². The summed E-state index contributed by atoms with van der Waals surface area (Å²) in [6.07, 6.45) is 0. The summed E-state index contributed by atoms with van der Waals surface area (Å²) in [6, 6.07) is 4.50. The Hall–Kier alpha value is -1.40. The van der Waals surface area contributed by atoms with Gasteiger partial charge in [0.2, 0.25) is 15.9 Å². The third-order valence-corrected chi connectivity index (χ3v) is 3.49. The van der Waals surface area contributed by atoms with Crippen LogP contribution in [0.4, 0.5) is 5.69 Å². The van der Waals surface area contributed by atoms with Gasteiger partial charge in [-0.3, -0.25) is 4.79 Å². The van der Waals surface area contributed by atoms with Crippen LogP contribution in [-0.4, -0.2) is 14.3 Å². The Morgan fingerprint density at radius 1 is 1.28 bits per heavy atom. The van der Waals surface area contributed by atoms with E-state index in [1.54, 1.807) is 33.8 Å². The Balaban J connectivity index is 3.04. The van der Waals surface area contributed by atoms with Crippen molar-refractivity contribution in [2.75, 3.05) is 5.32 Å². The second-order valence-corrected chi connectivity index (χ2v) is 6.76. The maximum Gasteiger partial charge on any atom is 0.238 e. The van der Waals surface area contributed by atoms with E-state index in [0.717, 1.165) is 0 Å². The van der Waals surface area contributed by atoms with Crippen LogP contribution in [0.3, 0.4) is 0 Å². The van der Waals surface area contributed by atoms with E-state index in [-0.39, 0.29) is 10.8 Å². The summed E-state index contributed by atoms with van der Waals surface area (Å²) < 4.78 is 22.5. The molecule has 0 saturated carbocycles. The molecule has 100 valence electrons. The van der Waals surface area contributed by atoms with Gasteiger partial charge in [-0.25, -0.2) is 13.6 Å². The first-order chi connectivity index (χ1) is 8.01. The summed E-state index contributed by atoms with van der Waals surface area (Å²) in [6.45, 7) is 7.03. The number of anilines is 1. The SMILES string of the molecule is Cc1cc(NC(=O)C(C)(C)C)ccc1S(N)(=O)=O. The minimum Gasteiger partial charge on any atom is -0.326 e. The van der Waals surface area contributed by atoms with Crippen LogP contribution in [-0.2, 0) is 14.8 Å². The van der Waals surface area contributed by atoms with E-state index in [2.05, 4.69) is 5.32 Å². The fourth-order valence-corrected chi connectivity index (χ4v) is 2.13. The molecule has 0 unspecified atom stereocenters. The first-order valence-electron chi connectivity index (χ1n) is 5.47. The number of carbonyl (C=O) groups is 1. The van der Waals surface area contributed by atoms with Crippen molar-refractivity contribution in [2.45, 2.75) is 32.6 Å². The second-order valence-electron chi connectivity index (χ2n) is 5.23. The molecular weight excluding hydrogens is 252 g/mol. The average Bonchev–Trinajstić information content (AvgIpc) is 2.13. The van der Waals surface area contributed by atoms with Gasteiger partial charge in [0.15, 0.2) is 0 Å². The van der Waals surface area contributed by atoms with Crippen molar-refractivity contribution in [3.05, 3.63) is 23.8 Å². The summed E-state index contributed by atoms with van der Waals surface area (Å²) in [5.41, 5.74) is 0.552. The van der Waals surface area contributed by atoms with Crippen molar-refractivity contribution in [1.29, 1.82) is 0 Å². The Morgan fingerprint density at radius 3 is 2.22 bits per heavy atom. The van der Waals surface area contributed by atoms with E-state index in [1.165, 1.54) is 12.1 Å². The van der Waals surface area contributed by atoms with Gasteiger partial charge in [-0.15, -0.1) is 0 Å². The zero-order chi connectivity index (χ0) is 14.1. The highest BCUT2D eigenvalue weighted by atomic mass is 32.2. The first-order valence-corrected chi connectivity index (χ1v) is 7.01. The molecule has 0 spiro atoms. The van der Waals surface area contributed by atoms with Crippen molar-refractivity contribution >= 4 is 21.6 Å². The first kappa shape index (κ1) is 14.7. The van der Waals surface area contributed by atoms with Crippen LogP contribution in [0.15, 0.2) is 23.1 Å².